The fourth-order valence-corrected chi connectivity index (χ4v) is 2.97. The fourth-order valence-electron chi connectivity index (χ4n) is 2.21. The number of hydrogen-bond donors (Lipinski definition) is 2. The van der Waals surface area contributed by atoms with Crippen LogP contribution in [0.2, 0.25) is 10.0 Å². The molecule has 2 aromatic carbocycles. The van der Waals surface area contributed by atoms with Crippen molar-refractivity contribution in [3.8, 4) is 17.6 Å². The highest BCUT2D eigenvalue weighted by molar-refractivity contribution is 9.10. The van der Waals surface area contributed by atoms with Crippen LogP contribution in [0.4, 0.5) is 4.79 Å². The van der Waals surface area contributed by atoms with Gasteiger partial charge in [-0.2, -0.15) is 5.26 Å². The molecule has 0 aliphatic rings. The average molecular weight is 499 g/mol. The van der Waals surface area contributed by atoms with E-state index in [9.17, 15) is 14.9 Å². The van der Waals surface area contributed by atoms with Crippen molar-refractivity contribution in [1.29, 1.82) is 5.26 Å². The monoisotopic (exact) mass is 497 g/mol. The van der Waals surface area contributed by atoms with E-state index >= 15 is 0 Å². The molecular weight excluding hydrogens is 485 g/mol. The number of primary amides is 1. The van der Waals surface area contributed by atoms with E-state index in [1.54, 1.807) is 36.4 Å². The second kappa shape index (κ2) is 10.2. The smallest absolute Gasteiger partial charge is 0.319 e. The lowest BCUT2D eigenvalue weighted by atomic mass is 10.1. The third-order valence-corrected chi connectivity index (χ3v) is 4.99. The summed E-state index contributed by atoms with van der Waals surface area (Å²) in [7, 11) is 1.45. The number of ether oxygens (including phenoxy) is 2. The Balaban J connectivity index is 2.29. The van der Waals surface area contributed by atoms with Gasteiger partial charge < -0.3 is 15.2 Å². The van der Waals surface area contributed by atoms with Crippen LogP contribution in [-0.2, 0) is 11.4 Å². The van der Waals surface area contributed by atoms with E-state index in [-0.39, 0.29) is 12.2 Å². The van der Waals surface area contributed by atoms with Gasteiger partial charge in [-0.05, 0) is 41.5 Å². The van der Waals surface area contributed by atoms with Crippen LogP contribution in [0.1, 0.15) is 11.1 Å². The first kappa shape index (κ1) is 22.6. The normalized spacial score (nSPS) is 10.8. The number of rotatable bonds is 6. The summed E-state index contributed by atoms with van der Waals surface area (Å²) in [4.78, 5) is 22.7. The van der Waals surface area contributed by atoms with E-state index < -0.39 is 11.9 Å². The predicted molar refractivity (Wildman–Crippen MR) is 113 cm³/mol. The van der Waals surface area contributed by atoms with Gasteiger partial charge in [0.05, 0.1) is 17.2 Å². The highest BCUT2D eigenvalue weighted by Gasteiger charge is 2.15. The molecule has 0 aromatic heterocycles. The molecule has 10 heteroatoms. The van der Waals surface area contributed by atoms with Crippen LogP contribution in [-0.4, -0.2) is 19.0 Å². The van der Waals surface area contributed by atoms with Gasteiger partial charge in [-0.25, -0.2) is 4.79 Å². The largest absolute Gasteiger partial charge is 0.493 e. The minimum atomic E-state index is -1.06. The number of imide groups is 1. The molecule has 3 N–H and O–H groups in total. The maximum absolute atomic E-state index is 11.8. The van der Waals surface area contributed by atoms with Gasteiger partial charge in [0, 0.05) is 4.47 Å². The highest BCUT2D eigenvalue weighted by atomic mass is 79.9. The Bertz CT molecular complexity index is 1030. The zero-order valence-electron chi connectivity index (χ0n) is 15.0. The van der Waals surface area contributed by atoms with Gasteiger partial charge >= 0.3 is 6.03 Å². The molecule has 2 aromatic rings. The summed E-state index contributed by atoms with van der Waals surface area (Å²) in [6.07, 6.45) is 1.29. The number of nitrogens with zero attached hydrogens (tertiary/aromatic N) is 1. The third kappa shape index (κ3) is 6.12. The summed E-state index contributed by atoms with van der Waals surface area (Å²) < 4.78 is 11.7. The van der Waals surface area contributed by atoms with Gasteiger partial charge in [-0.15, -0.1) is 0 Å². The van der Waals surface area contributed by atoms with Gasteiger partial charge in [-0.3, -0.25) is 10.1 Å². The number of hydrogen-bond acceptors (Lipinski definition) is 5. The molecule has 2 rings (SSSR count). The number of nitrogens with two attached hydrogens (primary N) is 1. The maximum Gasteiger partial charge on any atom is 0.319 e. The van der Waals surface area contributed by atoms with Crippen LogP contribution in [0.15, 0.2) is 40.4 Å². The van der Waals surface area contributed by atoms with Crippen molar-refractivity contribution in [3.05, 3.63) is 61.5 Å². The van der Waals surface area contributed by atoms with Crippen LogP contribution < -0.4 is 20.5 Å². The molecular formula is C19H14BrCl2N3O4. The predicted octanol–water partition coefficient (Wildman–Crippen LogP) is 4.45. The topological polar surface area (TPSA) is 114 Å². The molecule has 0 saturated heterocycles. The zero-order chi connectivity index (χ0) is 21.6. The molecule has 29 heavy (non-hydrogen) atoms. The Morgan fingerprint density at radius 1 is 1.24 bits per heavy atom. The Morgan fingerprint density at radius 2 is 1.97 bits per heavy atom. The molecule has 0 saturated carbocycles. The SMILES string of the molecule is COc1cc(/C=C(/C#N)C(=O)NC(N)=O)c(Br)cc1OCc1ccc(Cl)c(Cl)c1. The molecule has 0 heterocycles. The number of amides is 3. The van der Waals surface area contributed by atoms with Crippen LogP contribution in [0.3, 0.4) is 0 Å². The lowest BCUT2D eigenvalue weighted by Gasteiger charge is -2.13. The molecule has 0 unspecified atom stereocenters. The van der Waals surface area contributed by atoms with Gasteiger partial charge in [-0.1, -0.05) is 45.2 Å². The zero-order valence-corrected chi connectivity index (χ0v) is 18.1. The van der Waals surface area contributed by atoms with Crippen molar-refractivity contribution < 1.29 is 19.1 Å². The van der Waals surface area contributed by atoms with Crippen molar-refractivity contribution in [2.45, 2.75) is 6.61 Å². The number of halogens is 3. The number of benzene rings is 2. The summed E-state index contributed by atoms with van der Waals surface area (Å²) in [5.74, 6) is -0.124. The van der Waals surface area contributed by atoms with Crippen LogP contribution in [0.5, 0.6) is 11.5 Å². The molecule has 0 aliphatic heterocycles. The average Bonchev–Trinajstić information content (AvgIpc) is 2.67. The van der Waals surface area contributed by atoms with Crippen LogP contribution >= 0.6 is 39.1 Å². The van der Waals surface area contributed by atoms with Crippen LogP contribution in [0, 0.1) is 11.3 Å². The van der Waals surface area contributed by atoms with Gasteiger partial charge in [0.25, 0.3) is 5.91 Å². The molecule has 0 radical (unpaired) electrons. The van der Waals surface area contributed by atoms with Gasteiger partial charge in [0.2, 0.25) is 0 Å². The molecule has 0 bridgehead atoms. The van der Waals surface area contributed by atoms with E-state index in [1.165, 1.54) is 13.2 Å². The van der Waals surface area contributed by atoms with Crippen molar-refractivity contribution in [1.82, 2.24) is 5.32 Å². The molecule has 150 valence electrons. The first-order valence-electron chi connectivity index (χ1n) is 7.92. The fraction of sp³-hybridized carbons (Fsp3) is 0.105. The number of nitrogens with one attached hydrogen (secondary N) is 1. The lowest BCUT2D eigenvalue weighted by molar-refractivity contribution is -0.115. The summed E-state index contributed by atoms with van der Waals surface area (Å²) in [6, 6.07) is 9.01. The second-order valence-electron chi connectivity index (χ2n) is 5.55. The minimum absolute atomic E-state index is 0.208. The number of methoxy groups -OCH3 is 1. The maximum atomic E-state index is 11.8. The highest BCUT2D eigenvalue weighted by Crippen LogP contribution is 2.35. The molecule has 0 spiro atoms. The number of carbonyl (C=O) groups excluding carboxylic acids is 2. The molecule has 0 aliphatic carbocycles. The molecule has 7 nitrogen and oxygen atoms in total. The van der Waals surface area contributed by atoms with Crippen molar-refractivity contribution in [2.24, 2.45) is 5.73 Å². The van der Waals surface area contributed by atoms with Gasteiger partial charge in [0.1, 0.15) is 18.2 Å². The summed E-state index contributed by atoms with van der Waals surface area (Å²) >= 11 is 15.3. The Hall–Kier alpha value is -2.73. The number of nitriles is 1. The summed E-state index contributed by atoms with van der Waals surface area (Å²) in [5.41, 5.74) is 5.86. The van der Waals surface area contributed by atoms with E-state index in [2.05, 4.69) is 15.9 Å². The second-order valence-corrected chi connectivity index (χ2v) is 7.22. The minimum Gasteiger partial charge on any atom is -0.493 e. The first-order chi connectivity index (χ1) is 13.7. The summed E-state index contributed by atoms with van der Waals surface area (Å²) in [6.45, 7) is 0.208. The lowest BCUT2D eigenvalue weighted by Crippen LogP contribution is -2.35. The molecule has 0 atom stereocenters. The van der Waals surface area contributed by atoms with E-state index in [4.69, 9.17) is 38.4 Å². The number of urea groups is 1. The van der Waals surface area contributed by atoms with E-state index in [0.29, 0.717) is 31.6 Å². The Morgan fingerprint density at radius 3 is 2.55 bits per heavy atom. The third-order valence-electron chi connectivity index (χ3n) is 3.56. The number of carbonyl (C=O) groups is 2. The molecule has 3 amide bonds. The van der Waals surface area contributed by atoms with Gasteiger partial charge in [0.15, 0.2) is 11.5 Å². The standard InChI is InChI=1S/C19H14BrCl2N3O4/c1-28-16-6-11(5-12(8-23)18(26)25-19(24)27)13(20)7-17(16)29-9-10-2-3-14(21)15(22)4-10/h2-7H,9H2,1H3,(H3,24,25,26,27)/b12-5-. The van der Waals surface area contributed by atoms with Crippen molar-refractivity contribution in [3.63, 3.8) is 0 Å². The van der Waals surface area contributed by atoms with Crippen molar-refractivity contribution in [2.75, 3.05) is 7.11 Å². The summed E-state index contributed by atoms with van der Waals surface area (Å²) in [5, 5.41) is 11.9. The first-order valence-corrected chi connectivity index (χ1v) is 9.47. The van der Waals surface area contributed by atoms with Crippen molar-refractivity contribution >= 4 is 57.1 Å². The quantitative estimate of drug-likeness (QED) is 0.451. The molecule has 0 fully saturated rings. The Kier molecular flexibility index (Phi) is 7.91. The van der Waals surface area contributed by atoms with E-state index in [1.807, 2.05) is 5.32 Å². The van der Waals surface area contributed by atoms with Crippen LogP contribution in [0.25, 0.3) is 6.08 Å². The van der Waals surface area contributed by atoms with E-state index in [0.717, 1.165) is 5.56 Å². The Labute approximate surface area is 185 Å².